The Morgan fingerprint density at radius 3 is 2.47 bits per heavy atom. The zero-order valence-electron chi connectivity index (χ0n) is 10.2. The lowest BCUT2D eigenvalue weighted by Gasteiger charge is -2.12. The van der Waals surface area contributed by atoms with Gasteiger partial charge in [-0.25, -0.2) is 4.79 Å². The molecule has 0 saturated heterocycles. The summed E-state index contributed by atoms with van der Waals surface area (Å²) in [5, 5.41) is 0. The van der Waals surface area contributed by atoms with E-state index in [9.17, 15) is 4.79 Å². The molecule has 2 rings (SSSR count). The van der Waals surface area contributed by atoms with E-state index in [1.165, 1.54) is 7.11 Å². The molecule has 0 aliphatic heterocycles. The van der Waals surface area contributed by atoms with Gasteiger partial charge in [-0.3, -0.25) is 0 Å². The molecule has 0 spiro atoms. The highest BCUT2D eigenvalue weighted by atomic mass is 127. The van der Waals surface area contributed by atoms with Crippen molar-refractivity contribution in [2.24, 2.45) is 0 Å². The molecule has 2 aromatic carbocycles. The van der Waals surface area contributed by atoms with Crippen molar-refractivity contribution in [2.45, 2.75) is 0 Å². The maximum Gasteiger partial charge on any atom is 0.341 e. The van der Waals surface area contributed by atoms with Gasteiger partial charge in [-0.15, -0.1) is 0 Å². The Hall–Kier alpha value is -1.76. The van der Waals surface area contributed by atoms with Crippen LogP contribution in [-0.2, 0) is 4.74 Å². The van der Waals surface area contributed by atoms with E-state index in [0.29, 0.717) is 22.7 Å². The van der Waals surface area contributed by atoms with Crippen molar-refractivity contribution < 1.29 is 14.3 Å². The minimum absolute atomic E-state index is 0.307. The average molecular weight is 369 g/mol. The molecule has 0 radical (unpaired) electrons. The molecule has 0 aliphatic rings. The fourth-order valence-corrected chi connectivity index (χ4v) is 1.92. The highest BCUT2D eigenvalue weighted by Gasteiger charge is 2.16. The molecule has 98 valence electrons. The molecule has 19 heavy (non-hydrogen) atoms. The Kier molecular flexibility index (Phi) is 4.26. The van der Waals surface area contributed by atoms with Crippen molar-refractivity contribution in [1.82, 2.24) is 0 Å². The zero-order chi connectivity index (χ0) is 13.8. The van der Waals surface area contributed by atoms with Gasteiger partial charge < -0.3 is 15.2 Å². The summed E-state index contributed by atoms with van der Waals surface area (Å²) in [6, 6.07) is 12.4. The van der Waals surface area contributed by atoms with Crippen LogP contribution in [0.25, 0.3) is 0 Å². The number of para-hydroxylation sites is 1. The number of hydrogen-bond acceptors (Lipinski definition) is 4. The molecule has 0 aliphatic carbocycles. The summed E-state index contributed by atoms with van der Waals surface area (Å²) in [5.41, 5.74) is 6.55. The maximum absolute atomic E-state index is 11.7. The number of anilines is 1. The van der Waals surface area contributed by atoms with Crippen molar-refractivity contribution in [3.8, 4) is 11.5 Å². The number of esters is 1. The summed E-state index contributed by atoms with van der Waals surface area (Å²) in [5.74, 6) is 0.451. The van der Waals surface area contributed by atoms with E-state index in [0.717, 1.165) is 3.57 Å². The fourth-order valence-electron chi connectivity index (χ4n) is 1.56. The van der Waals surface area contributed by atoms with Crippen molar-refractivity contribution in [2.75, 3.05) is 12.8 Å². The van der Waals surface area contributed by atoms with Crippen LogP contribution in [0.15, 0.2) is 42.5 Å². The van der Waals surface area contributed by atoms with Gasteiger partial charge in [-0.05, 0) is 59.0 Å². The van der Waals surface area contributed by atoms with Crippen molar-refractivity contribution in [1.29, 1.82) is 0 Å². The van der Waals surface area contributed by atoms with Gasteiger partial charge in [0.1, 0.15) is 11.3 Å². The molecule has 0 saturated carbocycles. The average Bonchev–Trinajstić information content (AvgIpc) is 2.42. The van der Waals surface area contributed by atoms with E-state index < -0.39 is 5.97 Å². The van der Waals surface area contributed by atoms with Gasteiger partial charge in [0, 0.05) is 3.57 Å². The number of benzene rings is 2. The molecule has 0 amide bonds. The first-order valence-corrected chi connectivity index (χ1v) is 6.60. The largest absolute Gasteiger partial charge is 0.465 e. The molecule has 4 nitrogen and oxygen atoms in total. The van der Waals surface area contributed by atoms with Crippen molar-refractivity contribution in [3.63, 3.8) is 0 Å². The van der Waals surface area contributed by atoms with Crippen LogP contribution in [0.4, 0.5) is 5.69 Å². The third-order valence-corrected chi connectivity index (χ3v) is 3.20. The first-order chi connectivity index (χ1) is 9.11. The van der Waals surface area contributed by atoms with Gasteiger partial charge in [-0.1, -0.05) is 6.07 Å². The van der Waals surface area contributed by atoms with E-state index in [2.05, 4.69) is 22.6 Å². The number of rotatable bonds is 3. The van der Waals surface area contributed by atoms with Crippen LogP contribution in [-0.4, -0.2) is 13.1 Å². The molecule has 0 atom stereocenters. The van der Waals surface area contributed by atoms with Gasteiger partial charge in [0.15, 0.2) is 5.75 Å². The highest BCUT2D eigenvalue weighted by Crippen LogP contribution is 2.32. The predicted molar refractivity (Wildman–Crippen MR) is 81.4 cm³/mol. The Morgan fingerprint density at radius 2 is 1.84 bits per heavy atom. The zero-order valence-corrected chi connectivity index (χ0v) is 12.4. The van der Waals surface area contributed by atoms with E-state index in [1.54, 1.807) is 18.2 Å². The normalized spacial score (nSPS) is 10.0. The lowest BCUT2D eigenvalue weighted by atomic mass is 10.1. The Bertz CT molecular complexity index is 596. The molecule has 0 fully saturated rings. The number of nitrogen functional groups attached to an aromatic ring is 1. The first-order valence-electron chi connectivity index (χ1n) is 5.52. The summed E-state index contributed by atoms with van der Waals surface area (Å²) in [7, 11) is 1.32. The van der Waals surface area contributed by atoms with E-state index in [4.69, 9.17) is 15.2 Å². The van der Waals surface area contributed by atoms with Crippen LogP contribution in [0.5, 0.6) is 11.5 Å². The second-order valence-corrected chi connectivity index (χ2v) is 5.02. The third kappa shape index (κ3) is 3.17. The Labute approximate surface area is 124 Å². The number of carbonyl (C=O) groups excluding carboxylic acids is 1. The van der Waals surface area contributed by atoms with Crippen LogP contribution in [0.3, 0.4) is 0 Å². The second-order valence-electron chi connectivity index (χ2n) is 3.77. The lowest BCUT2D eigenvalue weighted by molar-refractivity contribution is 0.0598. The molecule has 0 bridgehead atoms. The van der Waals surface area contributed by atoms with Crippen LogP contribution < -0.4 is 10.5 Å². The van der Waals surface area contributed by atoms with Gasteiger partial charge >= 0.3 is 5.97 Å². The Morgan fingerprint density at radius 1 is 1.16 bits per heavy atom. The summed E-state index contributed by atoms with van der Waals surface area (Å²) in [6.07, 6.45) is 0. The second kappa shape index (κ2) is 5.92. The minimum Gasteiger partial charge on any atom is -0.465 e. The van der Waals surface area contributed by atoms with Crippen LogP contribution in [0.1, 0.15) is 10.4 Å². The summed E-state index contributed by atoms with van der Waals surface area (Å²) >= 11 is 2.20. The predicted octanol–water partition coefficient (Wildman–Crippen LogP) is 3.45. The smallest absolute Gasteiger partial charge is 0.341 e. The SMILES string of the molecule is COC(=O)c1cccc(N)c1Oc1ccc(I)cc1. The molecular weight excluding hydrogens is 357 g/mol. The number of hydrogen-bond donors (Lipinski definition) is 1. The summed E-state index contributed by atoms with van der Waals surface area (Å²) in [4.78, 5) is 11.7. The highest BCUT2D eigenvalue weighted by molar-refractivity contribution is 14.1. The molecular formula is C14H12INO3. The number of methoxy groups -OCH3 is 1. The fraction of sp³-hybridized carbons (Fsp3) is 0.0714. The van der Waals surface area contributed by atoms with Crippen LogP contribution >= 0.6 is 22.6 Å². The summed E-state index contributed by atoms with van der Waals surface area (Å²) in [6.45, 7) is 0. The standard InChI is InChI=1S/C14H12INO3/c1-18-14(17)11-3-2-4-12(16)13(11)19-10-7-5-9(15)6-8-10/h2-8H,16H2,1H3. The van der Waals surface area contributed by atoms with Crippen LogP contribution in [0, 0.1) is 3.57 Å². The molecule has 2 aromatic rings. The molecule has 0 aromatic heterocycles. The molecule has 2 N–H and O–H groups in total. The number of nitrogens with two attached hydrogens (primary N) is 1. The van der Waals surface area contributed by atoms with Gasteiger partial charge in [-0.2, -0.15) is 0 Å². The maximum atomic E-state index is 11.7. The third-order valence-electron chi connectivity index (χ3n) is 2.48. The molecule has 0 heterocycles. The van der Waals surface area contributed by atoms with Gasteiger partial charge in [0.2, 0.25) is 0 Å². The molecule has 5 heteroatoms. The summed E-state index contributed by atoms with van der Waals surface area (Å²) < 4.78 is 11.5. The number of halogens is 1. The van der Waals surface area contributed by atoms with Gasteiger partial charge in [0.25, 0.3) is 0 Å². The topological polar surface area (TPSA) is 61.5 Å². The Balaban J connectivity index is 2.38. The number of ether oxygens (including phenoxy) is 2. The monoisotopic (exact) mass is 369 g/mol. The van der Waals surface area contributed by atoms with Crippen LogP contribution in [0.2, 0.25) is 0 Å². The first kappa shape index (κ1) is 13.7. The van der Waals surface area contributed by atoms with E-state index in [1.807, 2.05) is 24.3 Å². The number of carbonyl (C=O) groups is 1. The van der Waals surface area contributed by atoms with E-state index >= 15 is 0 Å². The quantitative estimate of drug-likeness (QED) is 0.512. The molecule has 0 unspecified atom stereocenters. The van der Waals surface area contributed by atoms with Crippen molar-refractivity contribution >= 4 is 34.2 Å². The minimum atomic E-state index is -0.479. The lowest BCUT2D eigenvalue weighted by Crippen LogP contribution is -2.05. The van der Waals surface area contributed by atoms with E-state index in [-0.39, 0.29) is 0 Å². The van der Waals surface area contributed by atoms with Gasteiger partial charge in [0.05, 0.1) is 12.8 Å². The van der Waals surface area contributed by atoms with Crippen molar-refractivity contribution in [3.05, 3.63) is 51.6 Å².